The van der Waals surface area contributed by atoms with Gasteiger partial charge in [0.1, 0.15) is 0 Å². The van der Waals surface area contributed by atoms with Crippen LogP contribution in [0.5, 0.6) is 0 Å². The summed E-state index contributed by atoms with van der Waals surface area (Å²) in [6.07, 6.45) is 3.67. The third kappa shape index (κ3) is 0.924. The SMILES string of the molecule is C=N[C@H]1C[C@]12CCc1cccc(Br)c12. The standard InChI is InChI=1S/C12H12BrN/c1-14-10-7-12(10)6-5-8-3-2-4-9(13)11(8)12/h2-4,10H,1,5-7H2/t10-,12+/m0/s1. The minimum absolute atomic E-state index is 0.358. The molecule has 2 aliphatic rings. The Balaban J connectivity index is 2.15. The summed E-state index contributed by atoms with van der Waals surface area (Å²) in [6, 6.07) is 6.99. The fraction of sp³-hybridized carbons (Fsp3) is 0.417. The summed E-state index contributed by atoms with van der Waals surface area (Å²) in [4.78, 5) is 4.20. The molecule has 0 bridgehead atoms. The van der Waals surface area contributed by atoms with Crippen LogP contribution in [0.3, 0.4) is 0 Å². The van der Waals surface area contributed by atoms with Crippen molar-refractivity contribution in [3.63, 3.8) is 0 Å². The van der Waals surface area contributed by atoms with Gasteiger partial charge in [-0.3, -0.25) is 4.99 Å². The Morgan fingerprint density at radius 3 is 3.07 bits per heavy atom. The van der Waals surface area contributed by atoms with E-state index >= 15 is 0 Å². The van der Waals surface area contributed by atoms with E-state index in [1.54, 1.807) is 0 Å². The number of hydrogen-bond donors (Lipinski definition) is 0. The molecule has 0 amide bonds. The lowest BCUT2D eigenvalue weighted by molar-refractivity contribution is 0.651. The molecule has 0 aromatic heterocycles. The van der Waals surface area contributed by atoms with Crippen molar-refractivity contribution in [1.29, 1.82) is 0 Å². The van der Waals surface area contributed by atoms with E-state index in [0.717, 1.165) is 0 Å². The molecule has 0 aliphatic heterocycles. The van der Waals surface area contributed by atoms with Gasteiger partial charge in [-0.05, 0) is 43.2 Å². The van der Waals surface area contributed by atoms with Crippen molar-refractivity contribution in [3.8, 4) is 0 Å². The van der Waals surface area contributed by atoms with Crippen molar-refractivity contribution in [1.82, 2.24) is 0 Å². The van der Waals surface area contributed by atoms with E-state index in [4.69, 9.17) is 0 Å². The van der Waals surface area contributed by atoms with Crippen LogP contribution in [-0.4, -0.2) is 12.8 Å². The molecule has 1 nitrogen and oxygen atoms in total. The van der Waals surface area contributed by atoms with Gasteiger partial charge in [-0.15, -0.1) is 0 Å². The molecule has 0 saturated heterocycles. The van der Waals surface area contributed by atoms with Crippen LogP contribution in [0.1, 0.15) is 24.0 Å². The van der Waals surface area contributed by atoms with Crippen LogP contribution in [0.15, 0.2) is 27.7 Å². The van der Waals surface area contributed by atoms with Gasteiger partial charge in [0, 0.05) is 9.89 Å². The van der Waals surface area contributed by atoms with E-state index in [1.807, 2.05) is 0 Å². The van der Waals surface area contributed by atoms with Crippen LogP contribution in [-0.2, 0) is 11.8 Å². The third-order valence-corrected chi connectivity index (χ3v) is 4.35. The van der Waals surface area contributed by atoms with E-state index < -0.39 is 0 Å². The zero-order valence-electron chi connectivity index (χ0n) is 7.96. The summed E-state index contributed by atoms with van der Waals surface area (Å²) in [7, 11) is 0. The van der Waals surface area contributed by atoms with E-state index in [0.29, 0.717) is 11.5 Å². The van der Waals surface area contributed by atoms with E-state index in [2.05, 4.69) is 45.8 Å². The van der Waals surface area contributed by atoms with Crippen LogP contribution >= 0.6 is 15.9 Å². The van der Waals surface area contributed by atoms with Gasteiger partial charge in [0.2, 0.25) is 0 Å². The van der Waals surface area contributed by atoms with Crippen molar-refractivity contribution in [3.05, 3.63) is 33.8 Å². The molecule has 2 heteroatoms. The van der Waals surface area contributed by atoms with Crippen LogP contribution in [0.2, 0.25) is 0 Å². The average molecular weight is 250 g/mol. The first-order valence-electron chi connectivity index (χ1n) is 5.02. The molecule has 0 N–H and O–H groups in total. The second kappa shape index (κ2) is 2.69. The van der Waals surface area contributed by atoms with Gasteiger partial charge >= 0.3 is 0 Å². The Hall–Kier alpha value is -0.630. The first-order chi connectivity index (χ1) is 6.78. The number of rotatable bonds is 1. The summed E-state index contributed by atoms with van der Waals surface area (Å²) < 4.78 is 1.26. The minimum atomic E-state index is 0.358. The van der Waals surface area contributed by atoms with Gasteiger partial charge in [0.25, 0.3) is 0 Å². The van der Waals surface area contributed by atoms with Crippen LogP contribution < -0.4 is 0 Å². The molecule has 0 radical (unpaired) electrons. The highest BCUT2D eigenvalue weighted by molar-refractivity contribution is 9.10. The molecule has 1 fully saturated rings. The quantitative estimate of drug-likeness (QED) is 0.679. The Kier molecular flexibility index (Phi) is 1.67. The molecule has 2 aliphatic carbocycles. The molecule has 72 valence electrons. The molecule has 0 heterocycles. The number of benzene rings is 1. The van der Waals surface area contributed by atoms with Gasteiger partial charge < -0.3 is 0 Å². The third-order valence-electron chi connectivity index (χ3n) is 3.69. The number of aryl methyl sites for hydroxylation is 1. The topological polar surface area (TPSA) is 12.4 Å². The number of aliphatic imine (C=N–C) groups is 1. The maximum atomic E-state index is 4.20. The number of hydrogen-bond acceptors (Lipinski definition) is 1. The summed E-state index contributed by atoms with van der Waals surface area (Å²) in [5.74, 6) is 0. The number of nitrogens with zero attached hydrogens (tertiary/aromatic N) is 1. The Bertz CT molecular complexity index is 413. The first-order valence-corrected chi connectivity index (χ1v) is 5.81. The molecule has 1 spiro atoms. The molecule has 1 aromatic carbocycles. The second-order valence-electron chi connectivity index (χ2n) is 4.33. The predicted molar refractivity (Wildman–Crippen MR) is 62.1 cm³/mol. The maximum absolute atomic E-state index is 4.20. The summed E-state index contributed by atoms with van der Waals surface area (Å²) in [5, 5.41) is 0. The van der Waals surface area contributed by atoms with Gasteiger partial charge in [-0.2, -0.15) is 0 Å². The Labute approximate surface area is 92.4 Å². The summed E-state index contributed by atoms with van der Waals surface area (Å²) >= 11 is 3.66. The zero-order valence-corrected chi connectivity index (χ0v) is 9.55. The molecule has 0 unspecified atom stereocenters. The van der Waals surface area contributed by atoms with Gasteiger partial charge in [0.05, 0.1) is 6.04 Å². The molecule has 14 heavy (non-hydrogen) atoms. The second-order valence-corrected chi connectivity index (χ2v) is 5.19. The Morgan fingerprint density at radius 2 is 2.36 bits per heavy atom. The average Bonchev–Trinajstić information content (AvgIpc) is 2.76. The maximum Gasteiger partial charge on any atom is 0.0599 e. The highest BCUT2D eigenvalue weighted by Crippen LogP contribution is 2.60. The summed E-state index contributed by atoms with van der Waals surface area (Å²) in [5.41, 5.74) is 3.37. The van der Waals surface area contributed by atoms with Gasteiger partial charge in [-0.1, -0.05) is 28.1 Å². The Morgan fingerprint density at radius 1 is 1.50 bits per heavy atom. The fourth-order valence-corrected chi connectivity index (χ4v) is 3.68. The van der Waals surface area contributed by atoms with E-state index in [-0.39, 0.29) is 0 Å². The largest absolute Gasteiger partial charge is 0.297 e. The van der Waals surface area contributed by atoms with Crippen molar-refractivity contribution in [2.45, 2.75) is 30.7 Å². The highest BCUT2D eigenvalue weighted by Gasteiger charge is 2.58. The normalized spacial score (nSPS) is 33.1. The minimum Gasteiger partial charge on any atom is -0.297 e. The summed E-state index contributed by atoms with van der Waals surface area (Å²) in [6.45, 7) is 3.68. The molecule has 1 saturated carbocycles. The lowest BCUT2D eigenvalue weighted by atomic mass is 9.98. The lowest BCUT2D eigenvalue weighted by Crippen LogP contribution is -2.07. The molecule has 1 aromatic rings. The smallest absolute Gasteiger partial charge is 0.0599 e. The van der Waals surface area contributed by atoms with E-state index in [9.17, 15) is 0 Å². The number of halogens is 1. The van der Waals surface area contributed by atoms with Gasteiger partial charge in [-0.25, -0.2) is 0 Å². The van der Waals surface area contributed by atoms with Crippen LogP contribution in [0.25, 0.3) is 0 Å². The van der Waals surface area contributed by atoms with Crippen molar-refractivity contribution >= 4 is 22.6 Å². The first kappa shape index (κ1) is 8.66. The monoisotopic (exact) mass is 249 g/mol. The molecule has 3 rings (SSSR count). The van der Waals surface area contributed by atoms with E-state index in [1.165, 1.54) is 34.9 Å². The van der Waals surface area contributed by atoms with Crippen molar-refractivity contribution < 1.29 is 0 Å². The highest BCUT2D eigenvalue weighted by atomic mass is 79.9. The van der Waals surface area contributed by atoms with Crippen LogP contribution in [0, 0.1) is 0 Å². The molecular formula is C12H12BrN. The molecule has 2 atom stereocenters. The van der Waals surface area contributed by atoms with Crippen LogP contribution in [0.4, 0.5) is 0 Å². The van der Waals surface area contributed by atoms with Gasteiger partial charge in [0.15, 0.2) is 0 Å². The van der Waals surface area contributed by atoms with Crippen molar-refractivity contribution in [2.24, 2.45) is 4.99 Å². The predicted octanol–water partition coefficient (Wildman–Crippen LogP) is 3.11. The molecular weight excluding hydrogens is 238 g/mol. The fourth-order valence-electron chi connectivity index (χ4n) is 2.88. The zero-order chi connectivity index (χ0) is 9.76. The number of fused-ring (bicyclic) bond motifs is 2. The van der Waals surface area contributed by atoms with Crippen molar-refractivity contribution in [2.75, 3.05) is 0 Å². The lowest BCUT2D eigenvalue weighted by Gasteiger charge is -2.11.